The lowest BCUT2D eigenvalue weighted by atomic mass is 9.99. The molecule has 1 aliphatic rings. The van der Waals surface area contributed by atoms with Gasteiger partial charge in [0.05, 0.1) is 7.11 Å². The Balaban J connectivity index is 2.28. The minimum atomic E-state index is 0.238. The van der Waals surface area contributed by atoms with Gasteiger partial charge in [-0.05, 0) is 32.0 Å². The molecule has 0 amide bonds. The number of rotatable bonds is 3. The van der Waals surface area contributed by atoms with E-state index in [0.717, 1.165) is 30.8 Å². The molecule has 17 heavy (non-hydrogen) atoms. The van der Waals surface area contributed by atoms with Gasteiger partial charge in [-0.25, -0.2) is 0 Å². The third kappa shape index (κ3) is 2.37. The second kappa shape index (κ2) is 4.94. The van der Waals surface area contributed by atoms with Crippen LogP contribution in [0.3, 0.4) is 0 Å². The van der Waals surface area contributed by atoms with Gasteiger partial charge in [-0.2, -0.15) is 0 Å². The molecule has 2 unspecified atom stereocenters. The molecule has 2 atom stereocenters. The van der Waals surface area contributed by atoms with Crippen molar-refractivity contribution in [3.63, 3.8) is 0 Å². The highest BCUT2D eigenvalue weighted by atomic mass is 16.5. The van der Waals surface area contributed by atoms with Gasteiger partial charge in [0, 0.05) is 24.2 Å². The Morgan fingerprint density at radius 3 is 2.88 bits per heavy atom. The number of nitrogens with two attached hydrogens (primary N) is 1. The maximum absolute atomic E-state index is 9.46. The van der Waals surface area contributed by atoms with Crippen LogP contribution in [-0.4, -0.2) is 37.3 Å². The molecule has 0 radical (unpaired) electrons. The fourth-order valence-corrected chi connectivity index (χ4v) is 2.62. The topological polar surface area (TPSA) is 58.7 Å². The van der Waals surface area contributed by atoms with Gasteiger partial charge >= 0.3 is 0 Å². The number of likely N-dealkylation sites (tertiary alicyclic amines) is 1. The Morgan fingerprint density at radius 2 is 2.29 bits per heavy atom. The van der Waals surface area contributed by atoms with Crippen molar-refractivity contribution in [3.8, 4) is 11.5 Å². The number of methoxy groups -OCH3 is 1. The first-order valence-corrected chi connectivity index (χ1v) is 5.93. The van der Waals surface area contributed by atoms with E-state index in [9.17, 15) is 5.11 Å². The van der Waals surface area contributed by atoms with Crippen LogP contribution in [-0.2, 0) is 0 Å². The van der Waals surface area contributed by atoms with Crippen molar-refractivity contribution in [3.05, 3.63) is 23.8 Å². The van der Waals surface area contributed by atoms with E-state index in [0.29, 0.717) is 12.0 Å². The van der Waals surface area contributed by atoms with E-state index in [1.807, 2.05) is 6.07 Å². The molecule has 0 aromatic heterocycles. The van der Waals surface area contributed by atoms with Crippen molar-refractivity contribution in [1.29, 1.82) is 0 Å². The van der Waals surface area contributed by atoms with Gasteiger partial charge in [0.15, 0.2) is 0 Å². The summed E-state index contributed by atoms with van der Waals surface area (Å²) in [4.78, 5) is 2.30. The number of phenolic OH excluding ortho intramolecular Hbond substituents is 1. The summed E-state index contributed by atoms with van der Waals surface area (Å²) < 4.78 is 5.34. The predicted molar refractivity (Wildman–Crippen MR) is 67.2 cm³/mol. The second-order valence-corrected chi connectivity index (χ2v) is 4.72. The first-order chi connectivity index (χ1) is 8.15. The van der Waals surface area contributed by atoms with Crippen molar-refractivity contribution in [2.75, 3.05) is 27.2 Å². The highest BCUT2D eigenvalue weighted by Crippen LogP contribution is 2.39. The minimum Gasteiger partial charge on any atom is -0.508 e. The van der Waals surface area contributed by atoms with Crippen LogP contribution in [0.1, 0.15) is 18.0 Å². The van der Waals surface area contributed by atoms with Crippen molar-refractivity contribution >= 4 is 0 Å². The molecule has 1 fully saturated rings. The molecule has 0 saturated carbocycles. The standard InChI is InChI=1S/C13H20N2O2/c1-15-8-9(7-14)5-12(15)11-4-3-10(16)6-13(11)17-2/h3-4,6,9,12,16H,5,7-8,14H2,1-2H3. The van der Waals surface area contributed by atoms with Crippen LogP contribution < -0.4 is 10.5 Å². The summed E-state index contributed by atoms with van der Waals surface area (Å²) in [7, 11) is 3.74. The van der Waals surface area contributed by atoms with Gasteiger partial charge in [0.1, 0.15) is 11.5 Å². The zero-order valence-electron chi connectivity index (χ0n) is 10.4. The molecule has 4 nitrogen and oxygen atoms in total. The van der Waals surface area contributed by atoms with E-state index in [-0.39, 0.29) is 5.75 Å². The lowest BCUT2D eigenvalue weighted by Crippen LogP contribution is -2.20. The average Bonchev–Trinajstić information content (AvgIpc) is 2.70. The molecular formula is C13H20N2O2. The van der Waals surface area contributed by atoms with E-state index in [1.54, 1.807) is 19.2 Å². The molecule has 1 aromatic rings. The minimum absolute atomic E-state index is 0.238. The van der Waals surface area contributed by atoms with Crippen molar-refractivity contribution < 1.29 is 9.84 Å². The zero-order chi connectivity index (χ0) is 12.4. The molecular weight excluding hydrogens is 216 g/mol. The zero-order valence-corrected chi connectivity index (χ0v) is 10.4. The number of aromatic hydroxyl groups is 1. The molecule has 3 N–H and O–H groups in total. The van der Waals surface area contributed by atoms with Crippen LogP contribution in [0.25, 0.3) is 0 Å². The lowest BCUT2D eigenvalue weighted by Gasteiger charge is -2.21. The largest absolute Gasteiger partial charge is 0.508 e. The van der Waals surface area contributed by atoms with Crippen molar-refractivity contribution in [2.45, 2.75) is 12.5 Å². The fraction of sp³-hybridized carbons (Fsp3) is 0.538. The highest BCUT2D eigenvalue weighted by Gasteiger charge is 2.31. The first-order valence-electron chi connectivity index (χ1n) is 5.93. The van der Waals surface area contributed by atoms with Gasteiger partial charge < -0.3 is 15.6 Å². The quantitative estimate of drug-likeness (QED) is 0.831. The smallest absolute Gasteiger partial charge is 0.127 e. The summed E-state index contributed by atoms with van der Waals surface area (Å²) in [6.45, 7) is 1.74. The SMILES string of the molecule is COc1cc(O)ccc1C1CC(CN)CN1C. The van der Waals surface area contributed by atoms with Gasteiger partial charge in [-0.15, -0.1) is 0 Å². The van der Waals surface area contributed by atoms with Gasteiger partial charge in [0.2, 0.25) is 0 Å². The van der Waals surface area contributed by atoms with E-state index in [1.165, 1.54) is 0 Å². The Hall–Kier alpha value is -1.26. The summed E-state index contributed by atoms with van der Waals surface area (Å²) in [6.07, 6.45) is 1.05. The van der Waals surface area contributed by atoms with Crippen LogP contribution in [0.2, 0.25) is 0 Å². The second-order valence-electron chi connectivity index (χ2n) is 4.72. The molecule has 0 bridgehead atoms. The molecule has 0 spiro atoms. The monoisotopic (exact) mass is 236 g/mol. The summed E-state index contributed by atoms with van der Waals surface area (Å²) in [6, 6.07) is 5.65. The van der Waals surface area contributed by atoms with Gasteiger partial charge in [-0.3, -0.25) is 4.90 Å². The Morgan fingerprint density at radius 1 is 1.53 bits per heavy atom. The molecule has 1 saturated heterocycles. The number of ether oxygens (including phenoxy) is 1. The Kier molecular flexibility index (Phi) is 3.54. The fourth-order valence-electron chi connectivity index (χ4n) is 2.62. The lowest BCUT2D eigenvalue weighted by molar-refractivity contribution is 0.302. The third-order valence-electron chi connectivity index (χ3n) is 3.54. The summed E-state index contributed by atoms with van der Waals surface area (Å²) in [5, 5.41) is 9.46. The third-order valence-corrected chi connectivity index (χ3v) is 3.54. The number of benzene rings is 1. The van der Waals surface area contributed by atoms with E-state index in [4.69, 9.17) is 10.5 Å². The van der Waals surface area contributed by atoms with Crippen LogP contribution in [0, 0.1) is 5.92 Å². The highest BCUT2D eigenvalue weighted by molar-refractivity contribution is 5.42. The molecule has 1 heterocycles. The van der Waals surface area contributed by atoms with Crippen LogP contribution in [0.15, 0.2) is 18.2 Å². The number of nitrogens with zero attached hydrogens (tertiary/aromatic N) is 1. The number of hydrogen-bond acceptors (Lipinski definition) is 4. The number of hydrogen-bond donors (Lipinski definition) is 2. The maximum atomic E-state index is 9.46. The predicted octanol–water partition coefficient (Wildman–Crippen LogP) is 1.35. The molecule has 2 rings (SSSR count). The van der Waals surface area contributed by atoms with Crippen LogP contribution >= 0.6 is 0 Å². The Labute approximate surface area is 102 Å². The summed E-state index contributed by atoms with van der Waals surface area (Å²) in [5.74, 6) is 1.53. The number of phenols is 1. The summed E-state index contributed by atoms with van der Waals surface area (Å²) >= 11 is 0. The van der Waals surface area contributed by atoms with E-state index < -0.39 is 0 Å². The maximum Gasteiger partial charge on any atom is 0.127 e. The molecule has 4 heteroatoms. The van der Waals surface area contributed by atoms with Crippen LogP contribution in [0.4, 0.5) is 0 Å². The van der Waals surface area contributed by atoms with Crippen LogP contribution in [0.5, 0.6) is 11.5 Å². The molecule has 1 aliphatic heterocycles. The average molecular weight is 236 g/mol. The van der Waals surface area contributed by atoms with Gasteiger partial charge in [-0.1, -0.05) is 6.07 Å². The van der Waals surface area contributed by atoms with Crippen molar-refractivity contribution in [1.82, 2.24) is 4.90 Å². The van der Waals surface area contributed by atoms with E-state index in [2.05, 4.69) is 11.9 Å². The summed E-state index contributed by atoms with van der Waals surface area (Å²) in [5.41, 5.74) is 6.86. The van der Waals surface area contributed by atoms with Crippen molar-refractivity contribution in [2.24, 2.45) is 11.7 Å². The molecule has 94 valence electrons. The normalized spacial score (nSPS) is 25.1. The first kappa shape index (κ1) is 12.2. The van der Waals surface area contributed by atoms with E-state index >= 15 is 0 Å². The molecule has 0 aliphatic carbocycles. The Bertz CT molecular complexity index is 395. The van der Waals surface area contributed by atoms with Gasteiger partial charge in [0.25, 0.3) is 0 Å². The molecule has 1 aromatic carbocycles.